The molecule has 0 saturated heterocycles. The normalized spacial score (nSPS) is 12.4. The Morgan fingerprint density at radius 1 is 1.58 bits per heavy atom. The molecule has 0 bridgehead atoms. The molecule has 12 heavy (non-hydrogen) atoms. The average Bonchev–Trinajstić information content (AvgIpc) is 2.05. The average molecular weight is 201 g/mol. The molecule has 0 radical (unpaired) electrons. The maximum atomic E-state index is 11.4. The van der Waals surface area contributed by atoms with Crippen molar-refractivity contribution in [3.8, 4) is 0 Å². The van der Waals surface area contributed by atoms with E-state index >= 15 is 0 Å². The summed E-state index contributed by atoms with van der Waals surface area (Å²) in [5, 5.41) is 0.616. The molecule has 0 amide bonds. The highest BCUT2D eigenvalue weighted by atomic mass is 35.5. The van der Waals surface area contributed by atoms with Gasteiger partial charge in [0.15, 0.2) is 0 Å². The van der Waals surface area contributed by atoms with Gasteiger partial charge in [-0.25, -0.2) is 0 Å². The van der Waals surface area contributed by atoms with Gasteiger partial charge in [0, 0.05) is 15.7 Å². The van der Waals surface area contributed by atoms with E-state index in [1.165, 1.54) is 0 Å². The number of hydrogen-bond donors (Lipinski definition) is 0. The molecule has 0 heterocycles. The van der Waals surface area contributed by atoms with Crippen molar-refractivity contribution in [1.82, 2.24) is 0 Å². The third-order valence-electron chi connectivity index (χ3n) is 1.33. The van der Waals surface area contributed by atoms with Gasteiger partial charge < -0.3 is 0 Å². The Morgan fingerprint density at radius 2 is 2.33 bits per heavy atom. The van der Waals surface area contributed by atoms with E-state index in [0.717, 1.165) is 4.90 Å². The minimum absolute atomic E-state index is 0.473. The highest BCUT2D eigenvalue weighted by molar-refractivity contribution is 7.85. The van der Waals surface area contributed by atoms with Crippen LogP contribution in [0.1, 0.15) is 0 Å². The molecule has 1 nitrogen and oxygen atoms in total. The van der Waals surface area contributed by atoms with E-state index in [1.807, 2.05) is 0 Å². The number of rotatable bonds is 3. The number of halogens is 1. The van der Waals surface area contributed by atoms with Gasteiger partial charge in [-0.2, -0.15) is 0 Å². The second-order valence-corrected chi connectivity index (χ2v) is 4.19. The van der Waals surface area contributed by atoms with Crippen LogP contribution in [0.3, 0.4) is 0 Å². The first-order valence-corrected chi connectivity index (χ1v) is 5.18. The Bertz CT molecular complexity index is 309. The number of benzene rings is 1. The van der Waals surface area contributed by atoms with Crippen LogP contribution in [0.4, 0.5) is 0 Å². The topological polar surface area (TPSA) is 17.1 Å². The zero-order valence-electron chi connectivity index (χ0n) is 6.50. The Kier molecular flexibility index (Phi) is 3.50. The molecular weight excluding hydrogens is 192 g/mol. The molecule has 1 aromatic rings. The van der Waals surface area contributed by atoms with Crippen LogP contribution in [0.5, 0.6) is 0 Å². The van der Waals surface area contributed by atoms with Gasteiger partial charge in [0.25, 0.3) is 0 Å². The Balaban J connectivity index is 2.87. The van der Waals surface area contributed by atoms with Crippen molar-refractivity contribution in [3.63, 3.8) is 0 Å². The van der Waals surface area contributed by atoms with Crippen LogP contribution in [0, 0.1) is 0 Å². The van der Waals surface area contributed by atoms with Crippen molar-refractivity contribution in [2.45, 2.75) is 4.90 Å². The lowest BCUT2D eigenvalue weighted by Crippen LogP contribution is -1.93. The predicted molar refractivity (Wildman–Crippen MR) is 52.9 cm³/mol. The summed E-state index contributed by atoms with van der Waals surface area (Å²) < 4.78 is 11.4. The third kappa shape index (κ3) is 2.47. The summed E-state index contributed by atoms with van der Waals surface area (Å²) >= 11 is 5.73. The molecule has 0 aromatic heterocycles. The zero-order valence-corrected chi connectivity index (χ0v) is 8.07. The molecule has 1 atom stereocenters. The summed E-state index contributed by atoms with van der Waals surface area (Å²) in [6, 6.07) is 7.06. The molecule has 0 aliphatic heterocycles. The fraction of sp³-hybridized carbons (Fsp3) is 0.111. The summed E-state index contributed by atoms with van der Waals surface area (Å²) in [5.41, 5.74) is 0. The molecule has 0 aliphatic rings. The van der Waals surface area contributed by atoms with Crippen molar-refractivity contribution in [2.24, 2.45) is 0 Å². The lowest BCUT2D eigenvalue weighted by atomic mass is 10.4. The van der Waals surface area contributed by atoms with E-state index in [0.29, 0.717) is 10.8 Å². The summed E-state index contributed by atoms with van der Waals surface area (Å²) in [4.78, 5) is 0.752. The van der Waals surface area contributed by atoms with Crippen molar-refractivity contribution in [1.29, 1.82) is 0 Å². The van der Waals surface area contributed by atoms with E-state index in [1.54, 1.807) is 30.3 Å². The van der Waals surface area contributed by atoms with Crippen LogP contribution >= 0.6 is 11.6 Å². The SMILES string of the molecule is C=CCS(=O)c1cccc(Cl)c1. The van der Waals surface area contributed by atoms with Gasteiger partial charge in [0.1, 0.15) is 0 Å². The summed E-state index contributed by atoms with van der Waals surface area (Å²) in [7, 11) is -0.996. The van der Waals surface area contributed by atoms with Crippen LogP contribution in [0.15, 0.2) is 41.8 Å². The summed E-state index contributed by atoms with van der Waals surface area (Å²) in [5.74, 6) is 0.473. The van der Waals surface area contributed by atoms with Crippen LogP contribution in [-0.2, 0) is 10.8 Å². The second-order valence-electron chi connectivity index (χ2n) is 2.26. The lowest BCUT2D eigenvalue weighted by Gasteiger charge is -1.98. The minimum Gasteiger partial charge on any atom is -0.254 e. The fourth-order valence-electron chi connectivity index (χ4n) is 0.812. The van der Waals surface area contributed by atoms with E-state index < -0.39 is 10.8 Å². The van der Waals surface area contributed by atoms with Crippen LogP contribution in [0.25, 0.3) is 0 Å². The van der Waals surface area contributed by atoms with Crippen molar-refractivity contribution >= 4 is 22.4 Å². The van der Waals surface area contributed by atoms with Crippen molar-refractivity contribution < 1.29 is 4.21 Å². The maximum Gasteiger partial charge on any atom is 0.0568 e. The van der Waals surface area contributed by atoms with Crippen molar-refractivity contribution in [2.75, 3.05) is 5.75 Å². The van der Waals surface area contributed by atoms with E-state index in [2.05, 4.69) is 6.58 Å². The smallest absolute Gasteiger partial charge is 0.0568 e. The molecule has 3 heteroatoms. The molecule has 1 rings (SSSR count). The molecule has 64 valence electrons. The van der Waals surface area contributed by atoms with Crippen LogP contribution in [-0.4, -0.2) is 9.96 Å². The largest absolute Gasteiger partial charge is 0.254 e. The van der Waals surface area contributed by atoms with Crippen LogP contribution in [0.2, 0.25) is 5.02 Å². The molecule has 0 saturated carbocycles. The third-order valence-corrected chi connectivity index (χ3v) is 2.88. The minimum atomic E-state index is -0.996. The number of hydrogen-bond acceptors (Lipinski definition) is 1. The zero-order chi connectivity index (χ0) is 8.97. The highest BCUT2D eigenvalue weighted by Crippen LogP contribution is 2.13. The van der Waals surface area contributed by atoms with Crippen LogP contribution < -0.4 is 0 Å². The molecule has 0 aliphatic carbocycles. The monoisotopic (exact) mass is 200 g/mol. The van der Waals surface area contributed by atoms with E-state index in [4.69, 9.17) is 11.6 Å². The first-order valence-electron chi connectivity index (χ1n) is 3.49. The van der Waals surface area contributed by atoms with E-state index in [9.17, 15) is 4.21 Å². The van der Waals surface area contributed by atoms with Gasteiger partial charge in [0.2, 0.25) is 0 Å². The Hall–Kier alpha value is -0.600. The van der Waals surface area contributed by atoms with E-state index in [-0.39, 0.29) is 0 Å². The summed E-state index contributed by atoms with van der Waals surface area (Å²) in [6.45, 7) is 3.52. The quantitative estimate of drug-likeness (QED) is 0.686. The summed E-state index contributed by atoms with van der Waals surface area (Å²) in [6.07, 6.45) is 1.64. The first-order chi connectivity index (χ1) is 5.74. The van der Waals surface area contributed by atoms with Gasteiger partial charge >= 0.3 is 0 Å². The lowest BCUT2D eigenvalue weighted by molar-refractivity contribution is 0.685. The fourth-order valence-corrected chi connectivity index (χ4v) is 1.96. The molecule has 1 unspecified atom stereocenters. The highest BCUT2D eigenvalue weighted by Gasteiger charge is 2.00. The Labute approximate surface area is 79.5 Å². The maximum absolute atomic E-state index is 11.4. The Morgan fingerprint density at radius 3 is 2.92 bits per heavy atom. The van der Waals surface area contributed by atoms with Gasteiger partial charge in [-0.05, 0) is 18.2 Å². The molecule has 0 fully saturated rings. The molecule has 0 N–H and O–H groups in total. The van der Waals surface area contributed by atoms with Gasteiger partial charge in [-0.1, -0.05) is 23.7 Å². The first kappa shape index (κ1) is 9.49. The molecular formula is C9H9ClOS. The van der Waals surface area contributed by atoms with Crippen molar-refractivity contribution in [3.05, 3.63) is 41.9 Å². The molecule has 1 aromatic carbocycles. The van der Waals surface area contributed by atoms with Gasteiger partial charge in [0.05, 0.1) is 10.8 Å². The van der Waals surface area contributed by atoms with Gasteiger partial charge in [-0.3, -0.25) is 4.21 Å². The van der Waals surface area contributed by atoms with Gasteiger partial charge in [-0.15, -0.1) is 6.58 Å². The predicted octanol–water partition coefficient (Wildman–Crippen LogP) is 2.63. The molecule has 0 spiro atoms. The standard InChI is InChI=1S/C9H9ClOS/c1-2-6-12(11)9-5-3-4-8(10)7-9/h2-5,7H,1,6H2. The second kappa shape index (κ2) is 4.43.